The molecule has 0 spiro atoms. The van der Waals surface area contributed by atoms with Gasteiger partial charge < -0.3 is 4.74 Å². The van der Waals surface area contributed by atoms with Gasteiger partial charge in [-0.25, -0.2) is 9.78 Å². The molecule has 3 nitrogen and oxygen atoms in total. The van der Waals surface area contributed by atoms with Gasteiger partial charge in [0.05, 0.1) is 17.1 Å². The highest BCUT2D eigenvalue weighted by molar-refractivity contribution is 9.10. The lowest BCUT2D eigenvalue weighted by atomic mass is 10.3. The third kappa shape index (κ3) is 3.64. The molecule has 14 heavy (non-hydrogen) atoms. The number of nitrogens with zero attached hydrogens (tertiary/aromatic N) is 1. The molecule has 0 fully saturated rings. The van der Waals surface area contributed by atoms with Gasteiger partial charge in [-0.2, -0.15) is 0 Å². The first kappa shape index (κ1) is 13.4. The summed E-state index contributed by atoms with van der Waals surface area (Å²) < 4.78 is 5.06. The van der Waals surface area contributed by atoms with E-state index >= 15 is 0 Å². The summed E-state index contributed by atoms with van der Waals surface area (Å²) in [5.74, 6) is -0.431. The molecule has 0 saturated carbocycles. The van der Waals surface area contributed by atoms with Gasteiger partial charge >= 0.3 is 5.97 Å². The maximum Gasteiger partial charge on any atom is 0.339 e. The smallest absolute Gasteiger partial charge is 0.339 e. The zero-order chi connectivity index (χ0) is 11.1. The van der Waals surface area contributed by atoms with E-state index in [4.69, 9.17) is 11.6 Å². The molecular formula is C9H11BrClNO2. The fraction of sp³-hybridized carbons (Fsp3) is 0.333. The van der Waals surface area contributed by atoms with Crippen LogP contribution in [0.4, 0.5) is 0 Å². The molecule has 78 valence electrons. The van der Waals surface area contributed by atoms with E-state index in [-0.39, 0.29) is 0 Å². The average Bonchev–Trinajstić information content (AvgIpc) is 2.24. The van der Waals surface area contributed by atoms with Crippen molar-refractivity contribution in [3.63, 3.8) is 0 Å². The van der Waals surface area contributed by atoms with Gasteiger partial charge in [-0.1, -0.05) is 25.4 Å². The lowest BCUT2D eigenvalue weighted by molar-refractivity contribution is 0.0600. The molecule has 0 atom stereocenters. The predicted octanol–water partition coefficient (Wildman–Crippen LogP) is 3.31. The Balaban J connectivity index is 0.000000791. The second-order valence-corrected chi connectivity index (χ2v) is 3.20. The normalized spacial score (nSPS) is 8.64. The number of ether oxygens (including phenoxy) is 1. The average molecular weight is 281 g/mol. The summed E-state index contributed by atoms with van der Waals surface area (Å²) in [5, 5.41) is 0.322. The van der Waals surface area contributed by atoms with Crippen molar-refractivity contribution in [2.24, 2.45) is 0 Å². The van der Waals surface area contributed by atoms with Crippen LogP contribution in [0.1, 0.15) is 24.2 Å². The monoisotopic (exact) mass is 279 g/mol. The Kier molecular flexibility index (Phi) is 6.49. The molecule has 1 heterocycles. The number of aromatic nitrogens is 1. The molecule has 1 rings (SSSR count). The molecule has 0 aliphatic heterocycles. The summed E-state index contributed by atoms with van der Waals surface area (Å²) in [6, 6.07) is 1.56. The number of hydrogen-bond donors (Lipinski definition) is 0. The van der Waals surface area contributed by atoms with Crippen LogP contribution < -0.4 is 0 Å². The lowest BCUT2D eigenvalue weighted by Crippen LogP contribution is -2.01. The summed E-state index contributed by atoms with van der Waals surface area (Å²) in [6.07, 6.45) is 1.36. The molecular weight excluding hydrogens is 269 g/mol. The Bertz CT molecular complexity index is 318. The number of rotatable bonds is 1. The number of carbonyl (C=O) groups is 1. The zero-order valence-corrected chi connectivity index (χ0v) is 10.5. The Hall–Kier alpha value is -0.610. The van der Waals surface area contributed by atoms with Crippen molar-refractivity contribution >= 4 is 33.5 Å². The van der Waals surface area contributed by atoms with E-state index in [0.29, 0.717) is 15.2 Å². The molecule has 0 amide bonds. The van der Waals surface area contributed by atoms with E-state index in [1.165, 1.54) is 13.3 Å². The van der Waals surface area contributed by atoms with Crippen molar-refractivity contribution in [3.8, 4) is 0 Å². The SMILES string of the molecule is CC.COC(=O)c1cnc(Cl)c(Br)c1. The first-order chi connectivity index (χ1) is 6.65. The highest BCUT2D eigenvalue weighted by Crippen LogP contribution is 2.20. The Morgan fingerprint density at radius 1 is 1.57 bits per heavy atom. The Labute approximate surface area is 96.6 Å². The van der Waals surface area contributed by atoms with Crippen LogP contribution in [-0.4, -0.2) is 18.1 Å². The summed E-state index contributed by atoms with van der Waals surface area (Å²) >= 11 is 8.76. The molecule has 1 aromatic heterocycles. The number of hydrogen-bond acceptors (Lipinski definition) is 3. The quantitative estimate of drug-likeness (QED) is 0.585. The summed E-state index contributed by atoms with van der Waals surface area (Å²) in [5.41, 5.74) is 0.369. The number of pyridine rings is 1. The van der Waals surface area contributed by atoms with E-state index in [1.807, 2.05) is 13.8 Å². The van der Waals surface area contributed by atoms with E-state index in [9.17, 15) is 4.79 Å². The summed E-state index contributed by atoms with van der Waals surface area (Å²) in [6.45, 7) is 4.00. The van der Waals surface area contributed by atoms with Crippen LogP contribution >= 0.6 is 27.5 Å². The molecule has 0 aliphatic rings. The largest absolute Gasteiger partial charge is 0.465 e. The molecule has 0 unspecified atom stereocenters. The van der Waals surface area contributed by atoms with Gasteiger partial charge in [-0.05, 0) is 22.0 Å². The van der Waals surface area contributed by atoms with Gasteiger partial charge in [0.1, 0.15) is 5.15 Å². The van der Waals surface area contributed by atoms with Crippen molar-refractivity contribution in [1.29, 1.82) is 0 Å². The zero-order valence-electron chi connectivity index (χ0n) is 8.17. The second kappa shape index (κ2) is 6.79. The highest BCUT2D eigenvalue weighted by Gasteiger charge is 2.07. The van der Waals surface area contributed by atoms with Gasteiger partial charge in [0.15, 0.2) is 0 Å². The van der Waals surface area contributed by atoms with Gasteiger partial charge in [-0.3, -0.25) is 0 Å². The van der Waals surface area contributed by atoms with E-state index in [2.05, 4.69) is 25.7 Å². The van der Waals surface area contributed by atoms with Crippen LogP contribution in [0, 0.1) is 0 Å². The molecule has 0 saturated heterocycles. The van der Waals surface area contributed by atoms with Crippen molar-refractivity contribution < 1.29 is 9.53 Å². The Morgan fingerprint density at radius 3 is 2.57 bits per heavy atom. The van der Waals surface area contributed by atoms with Crippen molar-refractivity contribution in [2.75, 3.05) is 7.11 Å². The first-order valence-electron chi connectivity index (χ1n) is 4.04. The van der Waals surface area contributed by atoms with Gasteiger partial charge in [0.25, 0.3) is 0 Å². The van der Waals surface area contributed by atoms with Crippen LogP contribution in [0.5, 0.6) is 0 Å². The van der Waals surface area contributed by atoms with E-state index in [1.54, 1.807) is 6.07 Å². The molecule has 0 N–H and O–H groups in total. The van der Waals surface area contributed by atoms with Crippen LogP contribution in [0.25, 0.3) is 0 Å². The molecule has 0 radical (unpaired) electrons. The predicted molar refractivity (Wildman–Crippen MR) is 59.6 cm³/mol. The maximum atomic E-state index is 11.0. The molecule has 0 aromatic carbocycles. The van der Waals surface area contributed by atoms with Crippen LogP contribution in [0.3, 0.4) is 0 Å². The fourth-order valence-electron chi connectivity index (χ4n) is 0.651. The van der Waals surface area contributed by atoms with Gasteiger partial charge in [0, 0.05) is 6.20 Å². The summed E-state index contributed by atoms with van der Waals surface area (Å²) in [4.78, 5) is 14.7. The molecule has 0 bridgehead atoms. The minimum atomic E-state index is -0.431. The summed E-state index contributed by atoms with van der Waals surface area (Å²) in [7, 11) is 1.31. The molecule has 5 heteroatoms. The van der Waals surface area contributed by atoms with E-state index in [0.717, 1.165) is 0 Å². The lowest BCUT2D eigenvalue weighted by Gasteiger charge is -1.99. The van der Waals surface area contributed by atoms with Gasteiger partial charge in [-0.15, -0.1) is 0 Å². The van der Waals surface area contributed by atoms with Crippen LogP contribution in [-0.2, 0) is 4.74 Å². The van der Waals surface area contributed by atoms with Crippen molar-refractivity contribution in [1.82, 2.24) is 4.98 Å². The number of carbonyl (C=O) groups excluding carboxylic acids is 1. The molecule has 1 aromatic rings. The third-order valence-corrected chi connectivity index (χ3v) is 2.35. The van der Waals surface area contributed by atoms with Crippen LogP contribution in [0.2, 0.25) is 5.15 Å². The van der Waals surface area contributed by atoms with Crippen molar-refractivity contribution in [3.05, 3.63) is 27.5 Å². The molecule has 0 aliphatic carbocycles. The number of esters is 1. The number of halogens is 2. The maximum absolute atomic E-state index is 11.0. The standard InChI is InChI=1S/C7H5BrClNO2.C2H6/c1-12-7(11)4-2-5(8)6(9)10-3-4;1-2/h2-3H,1H3;1-2H3. The first-order valence-corrected chi connectivity index (χ1v) is 5.21. The minimum absolute atomic E-state index is 0.322. The topological polar surface area (TPSA) is 39.2 Å². The Morgan fingerprint density at radius 2 is 2.14 bits per heavy atom. The fourth-order valence-corrected chi connectivity index (χ4v) is 1.10. The highest BCUT2D eigenvalue weighted by atomic mass is 79.9. The van der Waals surface area contributed by atoms with Gasteiger partial charge in [0.2, 0.25) is 0 Å². The second-order valence-electron chi connectivity index (χ2n) is 1.99. The van der Waals surface area contributed by atoms with Crippen LogP contribution in [0.15, 0.2) is 16.7 Å². The minimum Gasteiger partial charge on any atom is -0.465 e. The third-order valence-electron chi connectivity index (χ3n) is 1.22. The number of methoxy groups -OCH3 is 1. The van der Waals surface area contributed by atoms with Crippen molar-refractivity contribution in [2.45, 2.75) is 13.8 Å². The van der Waals surface area contributed by atoms with E-state index < -0.39 is 5.97 Å².